The lowest BCUT2D eigenvalue weighted by Crippen LogP contribution is -2.47. The largest absolute Gasteiger partial charge is 0.462 e. The number of hydrogen-bond acceptors (Lipinski definition) is 10. The van der Waals surface area contributed by atoms with Gasteiger partial charge in [0.15, 0.2) is 10.8 Å². The third-order valence-corrected chi connectivity index (χ3v) is 7.38. The van der Waals surface area contributed by atoms with Gasteiger partial charge in [0.2, 0.25) is 4.33 Å². The normalized spacial score (nSPS) is 21.4. The molecule has 0 aliphatic carbocycles. The van der Waals surface area contributed by atoms with E-state index in [1.165, 1.54) is 42.6 Å². The number of nitrogens with zero attached hydrogens (tertiary/aromatic N) is 4. The summed E-state index contributed by atoms with van der Waals surface area (Å²) in [5.41, 5.74) is 1.02. The first-order valence-corrected chi connectivity index (χ1v) is 9.98. The average molecular weight is 422 g/mol. The summed E-state index contributed by atoms with van der Waals surface area (Å²) in [6, 6.07) is 6.00. The van der Waals surface area contributed by atoms with Crippen molar-refractivity contribution >= 4 is 51.7 Å². The zero-order chi connectivity index (χ0) is 20.6. The van der Waals surface area contributed by atoms with E-state index in [1.807, 2.05) is 4.90 Å². The fraction of sp³-hybridized carbons (Fsp3) is 0.353. The van der Waals surface area contributed by atoms with Crippen LogP contribution in [0.1, 0.15) is 20.8 Å². The van der Waals surface area contributed by atoms with Gasteiger partial charge in [-0.2, -0.15) is 5.10 Å². The van der Waals surface area contributed by atoms with Gasteiger partial charge in [0.05, 0.1) is 17.2 Å². The number of allylic oxidation sites excluding steroid dienone is 1. The average Bonchev–Trinajstić information content (AvgIpc) is 3.16. The topological polar surface area (TPSA) is 105 Å². The SMILES string of the molecule is CCOC(=O)C1=C(C)N(C)[C@]2(SC(C(C)=O)=NN2c2cccc([N+](=O)[O-])c2)S1. The molecule has 0 saturated heterocycles. The molecule has 28 heavy (non-hydrogen) atoms. The number of hydrazone groups is 1. The van der Waals surface area contributed by atoms with Gasteiger partial charge in [0.1, 0.15) is 4.91 Å². The number of non-ortho nitro benzene ring substituents is 1. The van der Waals surface area contributed by atoms with E-state index in [0.717, 1.165) is 0 Å². The lowest BCUT2D eigenvalue weighted by molar-refractivity contribution is -0.384. The predicted molar refractivity (Wildman–Crippen MR) is 109 cm³/mol. The van der Waals surface area contributed by atoms with E-state index in [0.29, 0.717) is 16.3 Å². The molecular formula is C17H18N4O5S2. The standard InChI is InChI=1S/C17H18N4O5S2/c1-5-26-16(23)14-10(2)19(4)17(27-14)20(18-15(28-17)11(3)22)12-7-6-8-13(9-12)21(24)25/h6-9H,5H2,1-4H3/t17-/m1/s1. The van der Waals surface area contributed by atoms with E-state index in [-0.39, 0.29) is 23.1 Å². The van der Waals surface area contributed by atoms with Gasteiger partial charge in [-0.1, -0.05) is 17.8 Å². The maximum atomic E-state index is 12.4. The molecular weight excluding hydrogens is 404 g/mol. The molecule has 2 aliphatic heterocycles. The van der Waals surface area contributed by atoms with Crippen molar-refractivity contribution < 1.29 is 19.2 Å². The van der Waals surface area contributed by atoms with Crippen LogP contribution in [0.25, 0.3) is 0 Å². The summed E-state index contributed by atoms with van der Waals surface area (Å²) < 4.78 is 4.15. The second kappa shape index (κ2) is 7.47. The molecule has 1 aromatic rings. The van der Waals surface area contributed by atoms with Crippen LogP contribution in [0.2, 0.25) is 0 Å². The Morgan fingerprint density at radius 3 is 2.68 bits per heavy atom. The van der Waals surface area contributed by atoms with Crippen LogP contribution in [0, 0.1) is 10.1 Å². The minimum Gasteiger partial charge on any atom is -0.462 e. The highest BCUT2D eigenvalue weighted by Crippen LogP contribution is 2.58. The summed E-state index contributed by atoms with van der Waals surface area (Å²) in [6.07, 6.45) is 0. The van der Waals surface area contributed by atoms with E-state index < -0.39 is 15.2 Å². The third kappa shape index (κ3) is 3.24. The van der Waals surface area contributed by atoms with Gasteiger partial charge in [-0.3, -0.25) is 14.9 Å². The third-order valence-electron chi connectivity index (χ3n) is 4.23. The van der Waals surface area contributed by atoms with Gasteiger partial charge in [0.25, 0.3) is 5.69 Å². The molecule has 0 bridgehead atoms. The van der Waals surface area contributed by atoms with Gasteiger partial charge in [-0.05, 0) is 31.7 Å². The van der Waals surface area contributed by atoms with Crippen LogP contribution in [-0.4, -0.2) is 44.6 Å². The molecule has 0 unspecified atom stereocenters. The second-order valence-corrected chi connectivity index (χ2v) is 8.60. The first kappa shape index (κ1) is 20.2. The molecule has 0 radical (unpaired) electrons. The molecule has 0 saturated carbocycles. The van der Waals surface area contributed by atoms with Crippen molar-refractivity contribution in [1.82, 2.24) is 4.90 Å². The van der Waals surface area contributed by atoms with Crippen LogP contribution >= 0.6 is 23.5 Å². The Bertz CT molecular complexity index is 932. The van der Waals surface area contributed by atoms with Crippen LogP contribution < -0.4 is 5.01 Å². The lowest BCUT2D eigenvalue weighted by atomic mass is 10.3. The van der Waals surface area contributed by atoms with Gasteiger partial charge in [-0.15, -0.1) is 0 Å². The Labute approximate surface area is 169 Å². The number of nitro groups is 1. The monoisotopic (exact) mass is 422 g/mol. The molecule has 9 nitrogen and oxygen atoms in total. The molecule has 0 amide bonds. The van der Waals surface area contributed by atoms with Crippen molar-refractivity contribution in [3.8, 4) is 0 Å². The fourth-order valence-electron chi connectivity index (χ4n) is 2.75. The number of hydrogen-bond donors (Lipinski definition) is 0. The number of nitro benzene ring substituents is 1. The highest BCUT2D eigenvalue weighted by atomic mass is 32.2. The van der Waals surface area contributed by atoms with Gasteiger partial charge >= 0.3 is 5.97 Å². The fourth-order valence-corrected chi connectivity index (χ4v) is 5.62. The Morgan fingerprint density at radius 2 is 2.07 bits per heavy atom. The van der Waals surface area contributed by atoms with Crippen LogP contribution in [0.4, 0.5) is 11.4 Å². The first-order valence-electron chi connectivity index (χ1n) is 8.35. The lowest BCUT2D eigenvalue weighted by Gasteiger charge is -2.39. The van der Waals surface area contributed by atoms with Gasteiger partial charge in [0, 0.05) is 31.8 Å². The number of carbonyl (C=O) groups excluding carboxylic acids is 2. The van der Waals surface area contributed by atoms with Crippen molar-refractivity contribution in [3.63, 3.8) is 0 Å². The molecule has 2 heterocycles. The number of anilines is 1. The molecule has 0 N–H and O–H groups in total. The summed E-state index contributed by atoms with van der Waals surface area (Å²) in [5.74, 6) is -0.682. The number of ketones is 1. The number of benzene rings is 1. The number of thioether (sulfide) groups is 2. The highest BCUT2D eigenvalue weighted by Gasteiger charge is 2.56. The Hall–Kier alpha value is -2.53. The summed E-state index contributed by atoms with van der Waals surface area (Å²) in [5, 5.41) is 17.4. The predicted octanol–water partition coefficient (Wildman–Crippen LogP) is 3.14. The molecule has 11 heteroatoms. The van der Waals surface area contributed by atoms with Gasteiger partial charge in [-0.25, -0.2) is 9.80 Å². The molecule has 0 fully saturated rings. The number of Topliss-reactive ketones (excluding diaryl/α,β-unsaturated/α-hetero) is 1. The number of carbonyl (C=O) groups is 2. The van der Waals surface area contributed by atoms with Crippen LogP contribution in [0.15, 0.2) is 40.0 Å². The minimum absolute atomic E-state index is 0.0925. The molecule has 1 aromatic carbocycles. The van der Waals surface area contributed by atoms with E-state index >= 15 is 0 Å². The van der Waals surface area contributed by atoms with Crippen LogP contribution in [0.3, 0.4) is 0 Å². The Morgan fingerprint density at radius 1 is 1.36 bits per heavy atom. The highest BCUT2D eigenvalue weighted by molar-refractivity contribution is 8.28. The van der Waals surface area contributed by atoms with Crippen molar-refractivity contribution in [2.45, 2.75) is 25.1 Å². The van der Waals surface area contributed by atoms with E-state index in [2.05, 4.69) is 5.10 Å². The van der Waals surface area contributed by atoms with Crippen LogP contribution in [-0.2, 0) is 14.3 Å². The van der Waals surface area contributed by atoms with E-state index in [1.54, 1.807) is 38.0 Å². The summed E-state index contributed by atoms with van der Waals surface area (Å²) in [7, 11) is 1.78. The molecule has 2 aliphatic rings. The maximum absolute atomic E-state index is 12.4. The minimum atomic E-state index is -0.998. The van der Waals surface area contributed by atoms with Crippen molar-refractivity contribution in [1.29, 1.82) is 0 Å². The first-order chi connectivity index (χ1) is 13.2. The summed E-state index contributed by atoms with van der Waals surface area (Å²) >= 11 is 2.40. The van der Waals surface area contributed by atoms with Crippen molar-refractivity contribution in [2.24, 2.45) is 5.10 Å². The Kier molecular flexibility index (Phi) is 5.39. The molecule has 3 rings (SSSR count). The molecule has 148 valence electrons. The van der Waals surface area contributed by atoms with Crippen molar-refractivity contribution in [3.05, 3.63) is 45.0 Å². The maximum Gasteiger partial charge on any atom is 0.346 e. The smallest absolute Gasteiger partial charge is 0.346 e. The quantitative estimate of drug-likeness (QED) is 0.402. The number of esters is 1. The summed E-state index contributed by atoms with van der Waals surface area (Å²) in [4.78, 5) is 37.4. The zero-order valence-corrected chi connectivity index (χ0v) is 17.3. The van der Waals surface area contributed by atoms with Crippen molar-refractivity contribution in [2.75, 3.05) is 18.7 Å². The molecule has 1 atom stereocenters. The van der Waals surface area contributed by atoms with Crippen LogP contribution in [0.5, 0.6) is 0 Å². The van der Waals surface area contributed by atoms with E-state index in [9.17, 15) is 19.7 Å². The number of ether oxygens (including phenoxy) is 1. The van der Waals surface area contributed by atoms with Gasteiger partial charge < -0.3 is 9.64 Å². The summed E-state index contributed by atoms with van der Waals surface area (Å²) in [6.45, 7) is 5.15. The zero-order valence-electron chi connectivity index (χ0n) is 15.7. The molecule has 0 aromatic heterocycles. The number of rotatable bonds is 5. The Balaban J connectivity index is 2.07. The van der Waals surface area contributed by atoms with E-state index in [4.69, 9.17) is 4.74 Å². The second-order valence-electron chi connectivity index (χ2n) is 6.00. The molecule has 1 spiro atoms.